The van der Waals surface area contributed by atoms with Gasteiger partial charge in [-0.15, -0.1) is 0 Å². The van der Waals surface area contributed by atoms with Gasteiger partial charge < -0.3 is 39.7 Å². The highest BCUT2D eigenvalue weighted by Gasteiger charge is 2.75. The molecule has 0 bridgehead atoms. The van der Waals surface area contributed by atoms with Crippen LogP contribution in [0.25, 0.3) is 0 Å². The molecule has 0 amide bonds. The fourth-order valence-corrected chi connectivity index (χ4v) is 10.8. The standard InChI is InChI=1S/C36H52O10/c1-17(2)11-18-13-35(7,43)29-22(44-18)14-33(5)24-10-9-19-20(36(24,8)25(38)15-34(29,33)6)12-21(30(42)32(19,3)4)45-31-28(41)27(40)26(39)23(16-37)46-31/h9,11-12,18,20,22-24,26-29,31,37,39-41,43H,10,13-16H2,1-8H3/t18-,20-,22-,23+,24+,26+,27-,28+,29+,31+,33+,34-,35+,36+/m1/s1. The van der Waals surface area contributed by atoms with Crippen LogP contribution in [0.15, 0.2) is 35.1 Å². The molecular weight excluding hydrogens is 592 g/mol. The molecule has 2 saturated heterocycles. The molecule has 10 nitrogen and oxygen atoms in total. The number of hydrogen-bond acceptors (Lipinski definition) is 10. The second kappa shape index (κ2) is 10.8. The van der Waals surface area contributed by atoms with Crippen LogP contribution in [0.5, 0.6) is 0 Å². The van der Waals surface area contributed by atoms with Gasteiger partial charge in [-0.1, -0.05) is 44.1 Å². The van der Waals surface area contributed by atoms with Gasteiger partial charge in [-0.25, -0.2) is 0 Å². The van der Waals surface area contributed by atoms with Crippen molar-refractivity contribution in [2.75, 3.05) is 6.61 Å². The summed E-state index contributed by atoms with van der Waals surface area (Å²) in [5.74, 6) is -1.20. The predicted molar refractivity (Wildman–Crippen MR) is 167 cm³/mol. The first-order chi connectivity index (χ1) is 21.2. The Bertz CT molecular complexity index is 1390. The summed E-state index contributed by atoms with van der Waals surface area (Å²) in [5.41, 5.74) is -1.90. The molecule has 0 unspecified atom stereocenters. The molecule has 5 N–H and O–H groups in total. The van der Waals surface area contributed by atoms with Gasteiger partial charge in [0.25, 0.3) is 0 Å². The summed E-state index contributed by atoms with van der Waals surface area (Å²) in [4.78, 5) is 28.6. The van der Waals surface area contributed by atoms with E-state index >= 15 is 0 Å². The van der Waals surface area contributed by atoms with E-state index in [-0.39, 0.29) is 53.2 Å². The minimum atomic E-state index is -1.68. The van der Waals surface area contributed by atoms with Crippen LogP contribution in [0.3, 0.4) is 0 Å². The minimum Gasteiger partial charge on any atom is -0.459 e. The summed E-state index contributed by atoms with van der Waals surface area (Å²) >= 11 is 0. The molecule has 46 heavy (non-hydrogen) atoms. The molecule has 2 saturated carbocycles. The molecule has 4 fully saturated rings. The molecule has 0 aromatic heterocycles. The number of aliphatic hydroxyl groups is 5. The van der Waals surface area contributed by atoms with Gasteiger partial charge in [-0.05, 0) is 70.3 Å². The van der Waals surface area contributed by atoms with Gasteiger partial charge in [0.15, 0.2) is 5.76 Å². The molecule has 0 radical (unpaired) electrons. The maximum absolute atomic E-state index is 14.7. The zero-order valence-electron chi connectivity index (χ0n) is 28.3. The van der Waals surface area contributed by atoms with Gasteiger partial charge >= 0.3 is 0 Å². The summed E-state index contributed by atoms with van der Waals surface area (Å²) in [7, 11) is 0. The zero-order valence-corrected chi connectivity index (χ0v) is 28.3. The predicted octanol–water partition coefficient (Wildman–Crippen LogP) is 2.74. The highest BCUT2D eigenvalue weighted by Crippen LogP contribution is 2.75. The number of ether oxygens (including phenoxy) is 3. The minimum absolute atomic E-state index is 0.0736. The van der Waals surface area contributed by atoms with Crippen LogP contribution in [0.1, 0.15) is 81.1 Å². The summed E-state index contributed by atoms with van der Waals surface area (Å²) in [6.45, 7) is 15.3. The third-order valence-electron chi connectivity index (χ3n) is 13.2. The van der Waals surface area contributed by atoms with Gasteiger partial charge in [0.05, 0.1) is 29.8 Å². The van der Waals surface area contributed by atoms with E-state index in [1.807, 2.05) is 27.7 Å². The van der Waals surface area contributed by atoms with Crippen LogP contribution in [-0.2, 0) is 23.8 Å². The fraction of sp³-hybridized carbons (Fsp3) is 0.778. The van der Waals surface area contributed by atoms with Gasteiger partial charge in [0.1, 0.15) is 30.2 Å². The van der Waals surface area contributed by atoms with Crippen LogP contribution in [0.4, 0.5) is 0 Å². The van der Waals surface area contributed by atoms with Gasteiger partial charge in [-0.3, -0.25) is 9.59 Å². The zero-order chi connectivity index (χ0) is 33.9. The smallest absolute Gasteiger partial charge is 0.229 e. The van der Waals surface area contributed by atoms with Crippen LogP contribution in [0.2, 0.25) is 0 Å². The molecular formula is C36H52O10. The van der Waals surface area contributed by atoms with E-state index in [0.29, 0.717) is 19.3 Å². The Labute approximate surface area is 271 Å². The number of allylic oxidation sites excluding steroid dienone is 5. The Kier molecular flexibility index (Phi) is 7.97. The quantitative estimate of drug-likeness (QED) is 0.288. The lowest BCUT2D eigenvalue weighted by Gasteiger charge is -2.64. The first kappa shape index (κ1) is 34.0. The van der Waals surface area contributed by atoms with Crippen molar-refractivity contribution in [2.45, 2.75) is 130 Å². The Hall–Kier alpha value is -1.92. The maximum Gasteiger partial charge on any atom is 0.229 e. The second-order valence-electron chi connectivity index (χ2n) is 16.6. The number of carbonyl (C=O) groups excluding carboxylic acids is 2. The van der Waals surface area contributed by atoms with Crippen molar-refractivity contribution in [1.29, 1.82) is 0 Å². The molecule has 6 rings (SSSR count). The lowest BCUT2D eigenvalue weighted by atomic mass is 9.39. The average molecular weight is 645 g/mol. The number of hydrogen-bond donors (Lipinski definition) is 5. The van der Waals surface area contributed by atoms with E-state index in [0.717, 1.165) is 11.1 Å². The van der Waals surface area contributed by atoms with Crippen LogP contribution >= 0.6 is 0 Å². The Morgan fingerprint density at radius 2 is 1.65 bits per heavy atom. The number of Topliss-reactive ketones (excluding diaryl/α,β-unsaturated/α-hetero) is 2. The number of fused-ring (bicyclic) bond motifs is 7. The Morgan fingerprint density at radius 3 is 2.28 bits per heavy atom. The van der Waals surface area contributed by atoms with Gasteiger partial charge in [0.2, 0.25) is 12.1 Å². The van der Waals surface area contributed by atoms with Crippen molar-refractivity contribution in [3.8, 4) is 0 Å². The largest absolute Gasteiger partial charge is 0.459 e. The van der Waals surface area contributed by atoms with E-state index in [4.69, 9.17) is 14.2 Å². The fourth-order valence-electron chi connectivity index (χ4n) is 10.8. The number of ketones is 2. The molecule has 14 atom stereocenters. The molecule has 0 spiro atoms. The summed E-state index contributed by atoms with van der Waals surface area (Å²) < 4.78 is 18.3. The van der Waals surface area contributed by atoms with Gasteiger partial charge in [0, 0.05) is 30.1 Å². The van der Waals surface area contributed by atoms with Crippen molar-refractivity contribution < 1.29 is 49.3 Å². The maximum atomic E-state index is 14.7. The van der Waals surface area contributed by atoms with E-state index < -0.39 is 65.1 Å². The first-order valence-electron chi connectivity index (χ1n) is 16.7. The van der Waals surface area contributed by atoms with Crippen LogP contribution in [-0.4, -0.2) is 92.2 Å². The topological polar surface area (TPSA) is 163 Å². The van der Waals surface area contributed by atoms with Crippen molar-refractivity contribution in [1.82, 2.24) is 0 Å². The van der Waals surface area contributed by atoms with Crippen LogP contribution < -0.4 is 0 Å². The highest BCUT2D eigenvalue weighted by molar-refractivity contribution is 6.02. The Balaban J connectivity index is 1.40. The molecule has 6 aliphatic rings. The monoisotopic (exact) mass is 644 g/mol. The second-order valence-corrected chi connectivity index (χ2v) is 16.6. The van der Waals surface area contributed by atoms with E-state index in [9.17, 15) is 35.1 Å². The van der Waals surface area contributed by atoms with Crippen molar-refractivity contribution >= 4 is 11.6 Å². The number of aliphatic hydroxyl groups excluding tert-OH is 4. The first-order valence-corrected chi connectivity index (χ1v) is 16.7. The molecule has 4 aliphatic carbocycles. The summed E-state index contributed by atoms with van der Waals surface area (Å²) in [6, 6.07) is 0. The van der Waals surface area contributed by atoms with E-state index in [1.165, 1.54) is 0 Å². The summed E-state index contributed by atoms with van der Waals surface area (Å²) in [6.07, 6.45) is -0.139. The average Bonchev–Trinajstić information content (AvgIpc) is 3.18. The molecule has 10 heteroatoms. The van der Waals surface area contributed by atoms with Crippen LogP contribution in [0, 0.1) is 39.4 Å². The molecule has 0 aromatic rings. The highest BCUT2D eigenvalue weighted by atomic mass is 16.7. The van der Waals surface area contributed by atoms with Gasteiger partial charge in [-0.2, -0.15) is 0 Å². The number of carbonyl (C=O) groups is 2. The third-order valence-corrected chi connectivity index (χ3v) is 13.2. The number of rotatable bonds is 4. The van der Waals surface area contributed by atoms with Crippen molar-refractivity contribution in [3.63, 3.8) is 0 Å². The molecule has 0 aromatic carbocycles. The lowest BCUT2D eigenvalue weighted by molar-refractivity contribution is -0.291. The normalized spacial score (nSPS) is 51.2. The molecule has 2 heterocycles. The lowest BCUT2D eigenvalue weighted by Crippen LogP contribution is -2.64. The SMILES string of the molecule is CC(C)=C[C@@H]1C[C@](C)(O)[C@H]2[C@@H](C[C@@]3(C)[C@@H]4CC=C5[C@@H](C=C(O[C@H]6O[C@@H](CO)[C@H](O)[C@@H](O)[C@@H]6O)C(=O)C5(C)C)[C@]4(C)C(=O)C[C@]23C)O1. The van der Waals surface area contributed by atoms with Crippen molar-refractivity contribution in [3.05, 3.63) is 35.1 Å². The third kappa shape index (κ3) is 4.54. The van der Waals surface area contributed by atoms with E-state index in [2.05, 4.69) is 26.0 Å². The summed E-state index contributed by atoms with van der Waals surface area (Å²) in [5, 5.41) is 52.9. The molecule has 256 valence electrons. The van der Waals surface area contributed by atoms with Crippen molar-refractivity contribution in [2.24, 2.45) is 39.4 Å². The van der Waals surface area contributed by atoms with E-state index in [1.54, 1.807) is 19.9 Å². The Morgan fingerprint density at radius 1 is 0.978 bits per heavy atom. The molecule has 2 aliphatic heterocycles.